The standard InChI is InChI=1S/C19H26N4O/c1-14-11-23(12-15(2)24-14)18-5-3-16(4-6-18)21-17-9-19(10-17)22-8-7-20-13-22/h3-8,13-15,17,19,21H,9-12H2,1-2H3/t14-,15+,17?,19?. The number of anilines is 2. The van der Waals surface area contributed by atoms with Crippen LogP contribution < -0.4 is 10.2 Å². The Kier molecular flexibility index (Phi) is 4.19. The number of benzene rings is 1. The third-order valence-electron chi connectivity index (χ3n) is 5.08. The molecule has 1 N–H and O–H groups in total. The van der Waals surface area contributed by atoms with Gasteiger partial charge in [0.05, 0.1) is 18.5 Å². The van der Waals surface area contributed by atoms with E-state index < -0.39 is 0 Å². The molecule has 0 spiro atoms. The monoisotopic (exact) mass is 326 g/mol. The summed E-state index contributed by atoms with van der Waals surface area (Å²) in [6.45, 7) is 6.22. The number of aromatic nitrogens is 2. The molecule has 0 bridgehead atoms. The maximum atomic E-state index is 5.82. The second-order valence-electron chi connectivity index (χ2n) is 7.19. The summed E-state index contributed by atoms with van der Waals surface area (Å²) in [5.41, 5.74) is 2.50. The lowest BCUT2D eigenvalue weighted by molar-refractivity contribution is -0.00521. The first kappa shape index (κ1) is 15.5. The summed E-state index contributed by atoms with van der Waals surface area (Å²) in [5, 5.41) is 3.64. The van der Waals surface area contributed by atoms with E-state index >= 15 is 0 Å². The van der Waals surface area contributed by atoms with Gasteiger partial charge in [-0.15, -0.1) is 0 Å². The highest BCUT2D eigenvalue weighted by Gasteiger charge is 2.30. The molecular weight excluding hydrogens is 300 g/mol. The highest BCUT2D eigenvalue weighted by atomic mass is 16.5. The number of rotatable bonds is 4. The van der Waals surface area contributed by atoms with E-state index in [1.165, 1.54) is 11.4 Å². The number of ether oxygens (including phenoxy) is 1. The van der Waals surface area contributed by atoms with Gasteiger partial charge in [-0.2, -0.15) is 0 Å². The maximum absolute atomic E-state index is 5.82. The second-order valence-corrected chi connectivity index (χ2v) is 7.19. The summed E-state index contributed by atoms with van der Waals surface area (Å²) < 4.78 is 8.03. The molecule has 0 amide bonds. The van der Waals surface area contributed by atoms with E-state index in [4.69, 9.17) is 4.74 Å². The molecule has 2 aliphatic rings. The van der Waals surface area contributed by atoms with Gasteiger partial charge in [0.15, 0.2) is 0 Å². The predicted octanol–water partition coefficient (Wildman–Crippen LogP) is 3.31. The highest BCUT2D eigenvalue weighted by Crippen LogP contribution is 2.34. The summed E-state index contributed by atoms with van der Waals surface area (Å²) in [7, 11) is 0. The van der Waals surface area contributed by atoms with Crippen molar-refractivity contribution in [2.75, 3.05) is 23.3 Å². The van der Waals surface area contributed by atoms with E-state index in [-0.39, 0.29) is 0 Å². The molecule has 1 aromatic carbocycles. The third kappa shape index (κ3) is 3.26. The van der Waals surface area contributed by atoms with Crippen molar-refractivity contribution in [3.63, 3.8) is 0 Å². The molecule has 128 valence electrons. The lowest BCUT2D eigenvalue weighted by Crippen LogP contribution is -2.45. The summed E-state index contributed by atoms with van der Waals surface area (Å²) in [4.78, 5) is 6.55. The summed E-state index contributed by atoms with van der Waals surface area (Å²) in [6.07, 6.45) is 8.74. The Labute approximate surface area is 143 Å². The smallest absolute Gasteiger partial charge is 0.0948 e. The average Bonchev–Trinajstić information content (AvgIpc) is 3.04. The van der Waals surface area contributed by atoms with E-state index in [1.54, 1.807) is 0 Å². The molecule has 4 rings (SSSR count). The van der Waals surface area contributed by atoms with Crippen LogP contribution in [0.1, 0.15) is 32.7 Å². The third-order valence-corrected chi connectivity index (χ3v) is 5.08. The van der Waals surface area contributed by atoms with E-state index in [9.17, 15) is 0 Å². The number of imidazole rings is 1. The van der Waals surface area contributed by atoms with Gasteiger partial charge in [-0.3, -0.25) is 0 Å². The Bertz CT molecular complexity index is 639. The second kappa shape index (κ2) is 6.48. The molecule has 1 aromatic heterocycles. The van der Waals surface area contributed by atoms with Gasteiger partial charge in [-0.05, 0) is 51.0 Å². The fourth-order valence-electron chi connectivity index (χ4n) is 3.83. The van der Waals surface area contributed by atoms with Crippen molar-refractivity contribution >= 4 is 11.4 Å². The maximum Gasteiger partial charge on any atom is 0.0948 e. The molecule has 1 aliphatic carbocycles. The SMILES string of the molecule is C[C@@H]1CN(c2ccc(NC3CC(n4ccnc4)C3)cc2)C[C@H](C)O1. The van der Waals surface area contributed by atoms with Gasteiger partial charge >= 0.3 is 0 Å². The molecule has 1 aliphatic heterocycles. The Morgan fingerprint density at radius 1 is 1.08 bits per heavy atom. The average molecular weight is 326 g/mol. The molecule has 0 unspecified atom stereocenters. The number of morpholine rings is 1. The Balaban J connectivity index is 1.32. The van der Waals surface area contributed by atoms with Gasteiger partial charge in [0.25, 0.3) is 0 Å². The van der Waals surface area contributed by atoms with Crippen molar-refractivity contribution in [3.05, 3.63) is 43.0 Å². The van der Waals surface area contributed by atoms with Gasteiger partial charge in [0.1, 0.15) is 0 Å². The summed E-state index contributed by atoms with van der Waals surface area (Å²) >= 11 is 0. The quantitative estimate of drug-likeness (QED) is 0.936. The topological polar surface area (TPSA) is 42.3 Å². The Hall–Kier alpha value is -2.01. The molecule has 1 saturated heterocycles. The van der Waals surface area contributed by atoms with Gasteiger partial charge < -0.3 is 19.5 Å². The largest absolute Gasteiger partial charge is 0.382 e. The molecule has 5 nitrogen and oxygen atoms in total. The molecule has 2 fully saturated rings. The van der Waals surface area contributed by atoms with E-state index in [0.717, 1.165) is 25.9 Å². The zero-order chi connectivity index (χ0) is 16.5. The van der Waals surface area contributed by atoms with Crippen molar-refractivity contribution in [1.29, 1.82) is 0 Å². The van der Waals surface area contributed by atoms with E-state index in [0.29, 0.717) is 24.3 Å². The van der Waals surface area contributed by atoms with Crippen LogP contribution in [0, 0.1) is 0 Å². The Morgan fingerprint density at radius 2 is 1.79 bits per heavy atom. The first-order chi connectivity index (χ1) is 11.7. The number of hydrogen-bond acceptors (Lipinski definition) is 4. The normalized spacial score (nSPS) is 30.0. The van der Waals surface area contributed by atoms with Crippen molar-refractivity contribution in [1.82, 2.24) is 9.55 Å². The molecule has 0 radical (unpaired) electrons. The van der Waals surface area contributed by atoms with Crippen LogP contribution in [-0.4, -0.2) is 40.9 Å². The first-order valence-electron chi connectivity index (χ1n) is 8.92. The van der Waals surface area contributed by atoms with Crippen molar-refractivity contribution in [2.45, 2.75) is 51.0 Å². The van der Waals surface area contributed by atoms with E-state index in [2.05, 4.69) is 64.1 Å². The molecule has 5 heteroatoms. The highest BCUT2D eigenvalue weighted by molar-refractivity contribution is 5.56. The minimum atomic E-state index is 0.293. The fourth-order valence-corrected chi connectivity index (χ4v) is 3.83. The first-order valence-corrected chi connectivity index (χ1v) is 8.92. The molecule has 1 saturated carbocycles. The molecule has 24 heavy (non-hydrogen) atoms. The number of nitrogens with one attached hydrogen (secondary N) is 1. The van der Waals surface area contributed by atoms with Gasteiger partial charge in [0, 0.05) is 48.9 Å². The van der Waals surface area contributed by atoms with Crippen LogP contribution in [-0.2, 0) is 4.74 Å². The number of hydrogen-bond donors (Lipinski definition) is 1. The Morgan fingerprint density at radius 3 is 2.42 bits per heavy atom. The zero-order valence-electron chi connectivity index (χ0n) is 14.4. The molecule has 2 aromatic rings. The molecule has 2 heterocycles. The molecular formula is C19H26N4O. The van der Waals surface area contributed by atoms with Crippen LogP contribution in [0.5, 0.6) is 0 Å². The van der Waals surface area contributed by atoms with E-state index in [1.807, 2.05) is 12.5 Å². The lowest BCUT2D eigenvalue weighted by Gasteiger charge is -2.38. The van der Waals surface area contributed by atoms with Crippen molar-refractivity contribution < 1.29 is 4.74 Å². The van der Waals surface area contributed by atoms with Crippen LogP contribution >= 0.6 is 0 Å². The van der Waals surface area contributed by atoms with Crippen molar-refractivity contribution in [3.8, 4) is 0 Å². The van der Waals surface area contributed by atoms with Crippen LogP contribution in [0.15, 0.2) is 43.0 Å². The fraction of sp³-hybridized carbons (Fsp3) is 0.526. The lowest BCUT2D eigenvalue weighted by atomic mass is 9.86. The van der Waals surface area contributed by atoms with Crippen molar-refractivity contribution in [2.24, 2.45) is 0 Å². The predicted molar refractivity (Wildman–Crippen MR) is 96.6 cm³/mol. The summed E-state index contributed by atoms with van der Waals surface area (Å²) in [5.74, 6) is 0. The van der Waals surface area contributed by atoms with Crippen LogP contribution in [0.2, 0.25) is 0 Å². The van der Waals surface area contributed by atoms with Gasteiger partial charge in [-0.25, -0.2) is 4.98 Å². The van der Waals surface area contributed by atoms with Gasteiger partial charge in [-0.1, -0.05) is 0 Å². The van der Waals surface area contributed by atoms with Crippen LogP contribution in [0.3, 0.4) is 0 Å². The van der Waals surface area contributed by atoms with Crippen LogP contribution in [0.4, 0.5) is 11.4 Å². The minimum Gasteiger partial charge on any atom is -0.382 e. The molecule has 2 atom stereocenters. The van der Waals surface area contributed by atoms with Gasteiger partial charge in [0.2, 0.25) is 0 Å². The summed E-state index contributed by atoms with van der Waals surface area (Å²) in [6, 6.07) is 10.0. The minimum absolute atomic E-state index is 0.293. The number of nitrogens with zero attached hydrogens (tertiary/aromatic N) is 3. The zero-order valence-corrected chi connectivity index (χ0v) is 14.4. The van der Waals surface area contributed by atoms with Crippen LogP contribution in [0.25, 0.3) is 0 Å².